The van der Waals surface area contributed by atoms with Gasteiger partial charge in [-0.15, -0.1) is 0 Å². The lowest BCUT2D eigenvalue weighted by atomic mass is 9.75. The number of hydrogen-bond acceptors (Lipinski definition) is 3. The molecule has 3 N–H and O–H groups in total. The Morgan fingerprint density at radius 3 is 2.39 bits per heavy atom. The number of hydroxylamine groups is 2. The van der Waals surface area contributed by atoms with Gasteiger partial charge in [-0.2, -0.15) is 13.2 Å². The molecule has 1 saturated heterocycles. The third-order valence-corrected chi connectivity index (χ3v) is 7.06. The van der Waals surface area contributed by atoms with E-state index in [1.807, 2.05) is 6.08 Å². The van der Waals surface area contributed by atoms with Crippen LogP contribution in [0, 0.1) is 5.21 Å². The fourth-order valence-electron chi connectivity index (χ4n) is 5.24. The molecule has 0 radical (unpaired) electrons. The van der Waals surface area contributed by atoms with Gasteiger partial charge in [0.05, 0.1) is 11.5 Å². The molecule has 1 aromatic carbocycles. The van der Waals surface area contributed by atoms with Gasteiger partial charge in [0.2, 0.25) is 0 Å². The summed E-state index contributed by atoms with van der Waals surface area (Å²) in [5, 5.41) is 13.9. The summed E-state index contributed by atoms with van der Waals surface area (Å²) in [6.07, 6.45) is 4.87. The first kappa shape index (κ1) is 23.9. The van der Waals surface area contributed by atoms with Crippen molar-refractivity contribution < 1.29 is 28.5 Å². The monoisotopic (exact) mass is 480 g/mol. The fourth-order valence-corrected chi connectivity index (χ4v) is 5.44. The minimum atomic E-state index is -4.44. The van der Waals surface area contributed by atoms with Crippen molar-refractivity contribution in [2.45, 2.75) is 43.4 Å². The van der Waals surface area contributed by atoms with E-state index < -0.39 is 29.7 Å². The van der Waals surface area contributed by atoms with Gasteiger partial charge in [0.1, 0.15) is 17.8 Å². The van der Waals surface area contributed by atoms with Crippen LogP contribution >= 0.6 is 11.6 Å². The van der Waals surface area contributed by atoms with Crippen molar-refractivity contribution in [2.75, 3.05) is 13.1 Å². The summed E-state index contributed by atoms with van der Waals surface area (Å²) in [6, 6.07) is 3.76. The standard InChI is InChI=1S/C24H22ClF3N2O2.H2O/c25-17-7-8-20-15(11-17)12-19-21(30(20)32)13-18(23(31)22(19)29-9-1-2-10-29)14-3-5-16(6-4-14)24(26,27)28;/h3-8,11-12,18,20,22,30H,1-2,9-10,13H2;1H2. The topological polar surface area (TPSA) is 79.3 Å². The van der Waals surface area contributed by atoms with E-state index in [9.17, 15) is 23.2 Å². The van der Waals surface area contributed by atoms with Crippen molar-refractivity contribution >= 4 is 17.4 Å². The minimum Gasteiger partial charge on any atom is -0.628 e. The van der Waals surface area contributed by atoms with Crippen molar-refractivity contribution in [2.24, 2.45) is 0 Å². The molecular formula is C24H24ClF3N2O3. The maximum absolute atomic E-state index is 13.7. The second-order valence-corrected chi connectivity index (χ2v) is 9.17. The number of alkyl halides is 3. The van der Waals surface area contributed by atoms with E-state index in [2.05, 4.69) is 4.90 Å². The lowest BCUT2D eigenvalue weighted by Crippen LogP contribution is -3.10. The summed E-state index contributed by atoms with van der Waals surface area (Å²) in [7, 11) is 0. The molecule has 2 aliphatic carbocycles. The van der Waals surface area contributed by atoms with Gasteiger partial charge >= 0.3 is 6.18 Å². The molecule has 1 aromatic rings. The first-order valence-corrected chi connectivity index (χ1v) is 11.1. The van der Waals surface area contributed by atoms with Gasteiger partial charge in [-0.05, 0) is 67.9 Å². The second kappa shape index (κ2) is 8.85. The van der Waals surface area contributed by atoms with Crippen LogP contribution in [0.15, 0.2) is 70.4 Å². The number of fused-ring (bicyclic) bond motifs is 1. The van der Waals surface area contributed by atoms with Crippen LogP contribution in [-0.2, 0) is 11.0 Å². The van der Waals surface area contributed by atoms with E-state index in [1.165, 1.54) is 12.1 Å². The third kappa shape index (κ3) is 4.22. The van der Waals surface area contributed by atoms with Crippen LogP contribution in [0.25, 0.3) is 0 Å². The number of Topliss-reactive ketones (excluding diaryl/α,β-unsaturated/α-hetero) is 1. The minimum absolute atomic E-state index is 0. The summed E-state index contributed by atoms with van der Waals surface area (Å²) in [6.45, 7) is 1.51. The highest BCUT2D eigenvalue weighted by Gasteiger charge is 2.46. The molecule has 9 heteroatoms. The zero-order chi connectivity index (χ0) is 22.6. The molecular weight excluding hydrogens is 457 g/mol. The van der Waals surface area contributed by atoms with Gasteiger partial charge in [0.25, 0.3) is 0 Å². The summed E-state index contributed by atoms with van der Waals surface area (Å²) >= 11 is 6.15. The molecule has 0 bridgehead atoms. The Hall–Kier alpha value is -2.23. The molecule has 4 aliphatic rings. The molecule has 0 saturated carbocycles. The lowest BCUT2D eigenvalue weighted by molar-refractivity contribution is -0.824. The van der Waals surface area contributed by atoms with Crippen molar-refractivity contribution in [1.82, 2.24) is 4.90 Å². The van der Waals surface area contributed by atoms with Crippen molar-refractivity contribution in [1.29, 1.82) is 0 Å². The fraction of sp³-hybridized carbons (Fsp3) is 0.375. The number of nitrogens with one attached hydrogen (secondary N) is 1. The van der Waals surface area contributed by atoms with Gasteiger partial charge in [-0.25, -0.2) is 0 Å². The van der Waals surface area contributed by atoms with E-state index in [-0.39, 0.29) is 22.7 Å². The summed E-state index contributed by atoms with van der Waals surface area (Å²) in [5.41, 5.74) is 1.89. The SMILES string of the molecule is O.O=C1C(c2ccc(C(F)(F)F)cc2)CC2=C(C=C3C=C(Cl)C=CC3[NH+]2[O-])C1N1CCCC1. The summed E-state index contributed by atoms with van der Waals surface area (Å²) < 4.78 is 39.0. The van der Waals surface area contributed by atoms with Crippen LogP contribution in [0.2, 0.25) is 0 Å². The molecule has 1 fully saturated rings. The van der Waals surface area contributed by atoms with E-state index in [4.69, 9.17) is 11.6 Å². The quantitative estimate of drug-likeness (QED) is 0.661. The number of quaternary nitrogens is 1. The molecule has 2 heterocycles. The molecule has 5 rings (SSSR count). The van der Waals surface area contributed by atoms with E-state index >= 15 is 0 Å². The first-order chi connectivity index (χ1) is 15.2. The molecule has 176 valence electrons. The van der Waals surface area contributed by atoms with Gasteiger partial charge in [-0.3, -0.25) is 9.69 Å². The van der Waals surface area contributed by atoms with Crippen LogP contribution in [-0.4, -0.2) is 41.3 Å². The van der Waals surface area contributed by atoms with E-state index in [0.29, 0.717) is 16.3 Å². The normalized spacial score (nSPS) is 29.8. The van der Waals surface area contributed by atoms with Gasteiger partial charge in [0.15, 0.2) is 5.78 Å². The van der Waals surface area contributed by atoms with Crippen molar-refractivity contribution in [3.63, 3.8) is 0 Å². The average molecular weight is 481 g/mol. The number of allylic oxidation sites excluding steroid dienone is 3. The zero-order valence-corrected chi connectivity index (χ0v) is 18.4. The van der Waals surface area contributed by atoms with E-state index in [1.54, 1.807) is 18.2 Å². The number of ketones is 1. The number of rotatable bonds is 2. The van der Waals surface area contributed by atoms with Crippen molar-refractivity contribution in [3.8, 4) is 0 Å². The number of benzene rings is 1. The average Bonchev–Trinajstić information content (AvgIpc) is 3.27. The summed E-state index contributed by atoms with van der Waals surface area (Å²) in [4.78, 5) is 15.8. The molecule has 33 heavy (non-hydrogen) atoms. The second-order valence-electron chi connectivity index (χ2n) is 8.73. The molecule has 0 aromatic heterocycles. The molecule has 2 aliphatic heterocycles. The Balaban J connectivity index is 0.00000259. The van der Waals surface area contributed by atoms with Gasteiger partial charge < -0.3 is 15.7 Å². The zero-order valence-electron chi connectivity index (χ0n) is 17.7. The van der Waals surface area contributed by atoms with Crippen LogP contribution in [0.4, 0.5) is 13.2 Å². The summed E-state index contributed by atoms with van der Waals surface area (Å²) in [5.74, 6) is -0.706. The van der Waals surface area contributed by atoms with Crippen molar-refractivity contribution in [3.05, 3.63) is 86.8 Å². The smallest absolute Gasteiger partial charge is 0.416 e. The molecule has 0 spiro atoms. The maximum Gasteiger partial charge on any atom is 0.416 e. The van der Waals surface area contributed by atoms with E-state index in [0.717, 1.165) is 49.2 Å². The number of carbonyl (C=O) groups excluding carboxylic acids is 1. The Kier molecular flexibility index (Phi) is 6.41. The predicted octanol–water partition coefficient (Wildman–Crippen LogP) is 3.04. The lowest BCUT2D eigenvalue weighted by Gasteiger charge is -2.44. The number of carbonyl (C=O) groups is 1. The van der Waals surface area contributed by atoms with Gasteiger partial charge in [0, 0.05) is 22.6 Å². The Labute approximate surface area is 194 Å². The molecule has 4 unspecified atom stereocenters. The van der Waals surface area contributed by atoms with Crippen LogP contribution < -0.4 is 5.06 Å². The highest BCUT2D eigenvalue weighted by Crippen LogP contribution is 2.39. The van der Waals surface area contributed by atoms with Crippen LogP contribution in [0.3, 0.4) is 0 Å². The maximum atomic E-state index is 13.7. The number of halogens is 4. The highest BCUT2D eigenvalue weighted by molar-refractivity contribution is 6.31. The number of hydrogen-bond donors (Lipinski definition) is 1. The molecule has 4 atom stereocenters. The first-order valence-electron chi connectivity index (χ1n) is 10.7. The molecule has 5 nitrogen and oxygen atoms in total. The number of likely N-dealkylation sites (tertiary alicyclic amines) is 1. The Morgan fingerprint density at radius 2 is 1.76 bits per heavy atom. The largest absolute Gasteiger partial charge is 0.628 e. The van der Waals surface area contributed by atoms with Gasteiger partial charge in [-0.1, -0.05) is 23.7 Å². The molecule has 0 amide bonds. The highest BCUT2D eigenvalue weighted by atomic mass is 35.5. The predicted molar refractivity (Wildman–Crippen MR) is 118 cm³/mol. The van der Waals surface area contributed by atoms with Crippen LogP contribution in [0.5, 0.6) is 0 Å². The Bertz CT molecular complexity index is 1070. The van der Waals surface area contributed by atoms with Crippen LogP contribution in [0.1, 0.15) is 36.3 Å². The Morgan fingerprint density at radius 1 is 1.09 bits per heavy atom. The number of nitrogens with zero attached hydrogens (tertiary/aromatic N) is 1. The third-order valence-electron chi connectivity index (χ3n) is 6.82.